The maximum atomic E-state index is 10.1. The molecule has 1 aliphatic carbocycles. The maximum Gasteiger partial charge on any atom is 0.118 e. The normalized spacial score (nSPS) is 23.7. The molecule has 1 fully saturated rings. The molecular formula is C15H18N2OS. The molecule has 0 spiro atoms. The zero-order chi connectivity index (χ0) is 13.2. The fourth-order valence-corrected chi connectivity index (χ4v) is 3.77. The molecule has 3 nitrogen and oxygen atoms in total. The monoisotopic (exact) mass is 274 g/mol. The number of thioether (sulfide) groups is 1. The van der Waals surface area contributed by atoms with E-state index in [4.69, 9.17) is 4.98 Å². The second-order valence-electron chi connectivity index (χ2n) is 5.11. The Kier molecular flexibility index (Phi) is 3.71. The van der Waals surface area contributed by atoms with Crippen molar-refractivity contribution in [3.63, 3.8) is 0 Å². The average molecular weight is 274 g/mol. The highest BCUT2D eigenvalue weighted by atomic mass is 32.2. The van der Waals surface area contributed by atoms with Gasteiger partial charge in [-0.2, -0.15) is 0 Å². The molecule has 1 saturated carbocycles. The van der Waals surface area contributed by atoms with Gasteiger partial charge in [-0.3, -0.25) is 0 Å². The molecule has 19 heavy (non-hydrogen) atoms. The Balaban J connectivity index is 1.89. The van der Waals surface area contributed by atoms with Crippen LogP contribution in [0.5, 0.6) is 0 Å². The lowest BCUT2D eigenvalue weighted by Gasteiger charge is -2.26. The number of nitrogens with zero attached hydrogens (tertiary/aromatic N) is 2. The smallest absolute Gasteiger partial charge is 0.118 e. The van der Waals surface area contributed by atoms with Crippen LogP contribution < -0.4 is 0 Å². The Morgan fingerprint density at radius 3 is 2.53 bits per heavy atom. The molecule has 3 rings (SSSR count). The van der Waals surface area contributed by atoms with E-state index >= 15 is 0 Å². The van der Waals surface area contributed by atoms with E-state index in [9.17, 15) is 5.11 Å². The minimum Gasteiger partial charge on any atom is -0.392 e. The van der Waals surface area contributed by atoms with E-state index in [1.165, 1.54) is 6.42 Å². The summed E-state index contributed by atoms with van der Waals surface area (Å²) >= 11 is 1.69. The summed E-state index contributed by atoms with van der Waals surface area (Å²) in [6.07, 6.45) is 4.12. The van der Waals surface area contributed by atoms with Crippen molar-refractivity contribution in [1.82, 2.24) is 9.97 Å². The first kappa shape index (κ1) is 12.9. The second kappa shape index (κ2) is 5.47. The number of rotatable bonds is 2. The molecule has 0 bridgehead atoms. The van der Waals surface area contributed by atoms with E-state index in [1.807, 2.05) is 31.2 Å². The molecule has 2 unspecified atom stereocenters. The van der Waals surface area contributed by atoms with Gasteiger partial charge in [0.1, 0.15) is 5.03 Å². The molecule has 2 atom stereocenters. The van der Waals surface area contributed by atoms with Crippen LogP contribution in [0.1, 0.15) is 31.4 Å². The van der Waals surface area contributed by atoms with E-state index in [-0.39, 0.29) is 11.4 Å². The summed E-state index contributed by atoms with van der Waals surface area (Å²) in [6.45, 7) is 2.00. The number of aliphatic hydroxyl groups excluding tert-OH is 1. The van der Waals surface area contributed by atoms with E-state index in [2.05, 4.69) is 4.98 Å². The topological polar surface area (TPSA) is 46.0 Å². The third-order valence-electron chi connectivity index (χ3n) is 3.63. The lowest BCUT2D eigenvalue weighted by molar-refractivity contribution is 0.137. The van der Waals surface area contributed by atoms with Crippen LogP contribution in [-0.2, 0) is 0 Å². The second-order valence-corrected chi connectivity index (χ2v) is 6.34. The van der Waals surface area contributed by atoms with Gasteiger partial charge in [-0.15, -0.1) is 0 Å². The van der Waals surface area contributed by atoms with Crippen LogP contribution in [0.15, 0.2) is 29.3 Å². The fraction of sp³-hybridized carbons (Fsp3) is 0.467. The van der Waals surface area contributed by atoms with Crippen molar-refractivity contribution in [1.29, 1.82) is 0 Å². The Morgan fingerprint density at radius 1 is 1.11 bits per heavy atom. The van der Waals surface area contributed by atoms with Crippen molar-refractivity contribution in [2.75, 3.05) is 0 Å². The SMILES string of the molecule is Cc1nc2ccccc2nc1SC1CCCCC1O. The summed E-state index contributed by atoms with van der Waals surface area (Å²) < 4.78 is 0. The zero-order valence-corrected chi connectivity index (χ0v) is 11.9. The number of fused-ring (bicyclic) bond motifs is 1. The minimum atomic E-state index is -0.202. The zero-order valence-electron chi connectivity index (χ0n) is 11.0. The quantitative estimate of drug-likeness (QED) is 0.912. The first-order valence-corrected chi connectivity index (χ1v) is 7.70. The third kappa shape index (κ3) is 2.74. The molecule has 1 heterocycles. The molecule has 4 heteroatoms. The number of hydrogen-bond donors (Lipinski definition) is 1. The summed E-state index contributed by atoms with van der Waals surface area (Å²) in [5.41, 5.74) is 2.83. The number of aromatic nitrogens is 2. The Hall–Kier alpha value is -1.13. The molecule has 1 N–H and O–H groups in total. The fourth-order valence-electron chi connectivity index (χ4n) is 2.54. The predicted molar refractivity (Wildman–Crippen MR) is 78.4 cm³/mol. The molecule has 2 aromatic rings. The Labute approximate surface area is 117 Å². The standard InChI is InChI=1S/C15H18N2OS/c1-10-15(19-14-9-5-4-8-13(14)18)17-12-7-3-2-6-11(12)16-10/h2-3,6-7,13-14,18H,4-5,8-9H2,1H3. The number of para-hydroxylation sites is 2. The van der Waals surface area contributed by atoms with E-state index in [1.54, 1.807) is 11.8 Å². The van der Waals surface area contributed by atoms with Gasteiger partial charge in [0.15, 0.2) is 0 Å². The summed E-state index contributed by atoms with van der Waals surface area (Å²) in [7, 11) is 0. The van der Waals surface area contributed by atoms with Gasteiger partial charge in [-0.05, 0) is 31.9 Å². The summed E-state index contributed by atoms with van der Waals surface area (Å²) in [6, 6.07) is 7.94. The number of benzene rings is 1. The molecule has 100 valence electrons. The van der Waals surface area contributed by atoms with Crippen molar-refractivity contribution >= 4 is 22.8 Å². The van der Waals surface area contributed by atoms with Gasteiger partial charge in [0.05, 0.1) is 22.8 Å². The van der Waals surface area contributed by atoms with Crippen molar-refractivity contribution < 1.29 is 5.11 Å². The first-order valence-electron chi connectivity index (χ1n) is 6.82. The number of aryl methyl sites for hydroxylation is 1. The van der Waals surface area contributed by atoms with Crippen LogP contribution >= 0.6 is 11.8 Å². The van der Waals surface area contributed by atoms with Gasteiger partial charge in [-0.1, -0.05) is 36.7 Å². The molecule has 0 radical (unpaired) electrons. The highest BCUT2D eigenvalue weighted by molar-refractivity contribution is 8.00. The first-order chi connectivity index (χ1) is 9.24. The highest BCUT2D eigenvalue weighted by Gasteiger charge is 2.25. The van der Waals surface area contributed by atoms with Crippen molar-refractivity contribution in [3.8, 4) is 0 Å². The molecular weight excluding hydrogens is 256 g/mol. The van der Waals surface area contributed by atoms with Crippen molar-refractivity contribution in [3.05, 3.63) is 30.0 Å². The van der Waals surface area contributed by atoms with Gasteiger partial charge in [0.2, 0.25) is 0 Å². The van der Waals surface area contributed by atoms with Crippen molar-refractivity contribution in [2.24, 2.45) is 0 Å². The maximum absolute atomic E-state index is 10.1. The van der Waals surface area contributed by atoms with E-state index in [0.29, 0.717) is 0 Å². The van der Waals surface area contributed by atoms with E-state index < -0.39 is 0 Å². The van der Waals surface area contributed by atoms with Crippen molar-refractivity contribution in [2.45, 2.75) is 49.0 Å². The molecule has 1 aliphatic rings. The molecule has 1 aromatic carbocycles. The summed E-state index contributed by atoms with van der Waals surface area (Å²) in [5.74, 6) is 0. The van der Waals surface area contributed by atoms with Crippen LogP contribution in [0.4, 0.5) is 0 Å². The molecule has 1 aromatic heterocycles. The van der Waals surface area contributed by atoms with Gasteiger partial charge < -0.3 is 5.11 Å². The summed E-state index contributed by atoms with van der Waals surface area (Å²) in [5, 5.41) is 11.3. The van der Waals surface area contributed by atoms with Crippen LogP contribution in [0.2, 0.25) is 0 Å². The third-order valence-corrected chi connectivity index (χ3v) is 5.09. The molecule has 0 saturated heterocycles. The Morgan fingerprint density at radius 2 is 1.79 bits per heavy atom. The lowest BCUT2D eigenvalue weighted by atomic mass is 9.97. The van der Waals surface area contributed by atoms with Crippen LogP contribution in [0, 0.1) is 6.92 Å². The van der Waals surface area contributed by atoms with Gasteiger partial charge in [0.25, 0.3) is 0 Å². The number of hydrogen-bond acceptors (Lipinski definition) is 4. The highest BCUT2D eigenvalue weighted by Crippen LogP contribution is 2.34. The lowest BCUT2D eigenvalue weighted by Crippen LogP contribution is -2.26. The van der Waals surface area contributed by atoms with Crippen LogP contribution in [-0.4, -0.2) is 26.4 Å². The van der Waals surface area contributed by atoms with Gasteiger partial charge in [0, 0.05) is 5.25 Å². The van der Waals surface area contributed by atoms with E-state index in [0.717, 1.165) is 41.0 Å². The number of aliphatic hydroxyl groups is 1. The predicted octanol–water partition coefficient (Wildman–Crippen LogP) is 3.33. The largest absolute Gasteiger partial charge is 0.392 e. The minimum absolute atomic E-state index is 0.202. The van der Waals surface area contributed by atoms with Crippen LogP contribution in [0.3, 0.4) is 0 Å². The molecule has 0 amide bonds. The van der Waals surface area contributed by atoms with Gasteiger partial charge >= 0.3 is 0 Å². The molecule has 0 aliphatic heterocycles. The van der Waals surface area contributed by atoms with Gasteiger partial charge in [-0.25, -0.2) is 9.97 Å². The summed E-state index contributed by atoms with van der Waals surface area (Å²) in [4.78, 5) is 9.29. The van der Waals surface area contributed by atoms with Crippen LogP contribution in [0.25, 0.3) is 11.0 Å². The Bertz CT molecular complexity index is 587. The average Bonchev–Trinajstić information content (AvgIpc) is 2.42.